The van der Waals surface area contributed by atoms with Crippen molar-refractivity contribution >= 4 is 23.4 Å². The van der Waals surface area contributed by atoms with Crippen LogP contribution in [0.3, 0.4) is 0 Å². The monoisotopic (exact) mass is 213 g/mol. The third-order valence-corrected chi connectivity index (χ3v) is 3.76. The van der Waals surface area contributed by atoms with Gasteiger partial charge in [0.25, 0.3) is 0 Å². The lowest BCUT2D eigenvalue weighted by molar-refractivity contribution is 0.886. The SMILES string of the molecule is Clc1cccc(SC2CCCC2)n1. The first-order chi connectivity index (χ1) is 6.34. The van der Waals surface area contributed by atoms with E-state index in [1.165, 1.54) is 25.7 Å². The smallest absolute Gasteiger partial charge is 0.130 e. The van der Waals surface area contributed by atoms with Crippen molar-refractivity contribution in [3.8, 4) is 0 Å². The van der Waals surface area contributed by atoms with Crippen molar-refractivity contribution in [1.29, 1.82) is 0 Å². The maximum Gasteiger partial charge on any atom is 0.130 e. The molecule has 1 fully saturated rings. The highest BCUT2D eigenvalue weighted by Crippen LogP contribution is 2.33. The van der Waals surface area contributed by atoms with Crippen molar-refractivity contribution < 1.29 is 0 Å². The third kappa shape index (κ3) is 2.61. The van der Waals surface area contributed by atoms with Crippen LogP contribution in [0.1, 0.15) is 25.7 Å². The molecule has 1 aromatic rings. The molecule has 0 aliphatic heterocycles. The fraction of sp³-hybridized carbons (Fsp3) is 0.500. The summed E-state index contributed by atoms with van der Waals surface area (Å²) in [5, 5.41) is 2.44. The normalized spacial score (nSPS) is 17.9. The van der Waals surface area contributed by atoms with Crippen LogP contribution in [-0.2, 0) is 0 Å². The van der Waals surface area contributed by atoms with Gasteiger partial charge in [-0.05, 0) is 25.0 Å². The van der Waals surface area contributed by atoms with Crippen LogP contribution in [0.5, 0.6) is 0 Å². The van der Waals surface area contributed by atoms with Crippen LogP contribution >= 0.6 is 23.4 Å². The molecule has 0 radical (unpaired) electrons. The zero-order valence-electron chi connectivity index (χ0n) is 7.37. The van der Waals surface area contributed by atoms with Gasteiger partial charge in [0.05, 0.1) is 5.03 Å². The Hall–Kier alpha value is -0.210. The van der Waals surface area contributed by atoms with Crippen LogP contribution in [-0.4, -0.2) is 10.2 Å². The minimum atomic E-state index is 0.600. The molecule has 13 heavy (non-hydrogen) atoms. The maximum atomic E-state index is 5.81. The van der Waals surface area contributed by atoms with Crippen molar-refractivity contribution in [2.75, 3.05) is 0 Å². The maximum absolute atomic E-state index is 5.81. The molecule has 0 spiro atoms. The molecule has 1 aromatic heterocycles. The van der Waals surface area contributed by atoms with Crippen LogP contribution in [0.15, 0.2) is 23.2 Å². The molecule has 2 rings (SSSR count). The summed E-state index contributed by atoms with van der Waals surface area (Å²) in [6.07, 6.45) is 5.41. The second kappa shape index (κ2) is 4.34. The highest BCUT2D eigenvalue weighted by molar-refractivity contribution is 7.99. The first-order valence-electron chi connectivity index (χ1n) is 4.64. The Kier molecular flexibility index (Phi) is 3.12. The summed E-state index contributed by atoms with van der Waals surface area (Å²) in [7, 11) is 0. The first-order valence-corrected chi connectivity index (χ1v) is 5.89. The van der Waals surface area contributed by atoms with E-state index in [2.05, 4.69) is 4.98 Å². The second-order valence-electron chi connectivity index (χ2n) is 3.32. The lowest BCUT2D eigenvalue weighted by Crippen LogP contribution is -1.94. The van der Waals surface area contributed by atoms with E-state index in [0.29, 0.717) is 5.15 Å². The number of nitrogens with zero attached hydrogens (tertiary/aromatic N) is 1. The van der Waals surface area contributed by atoms with Crippen LogP contribution in [0.4, 0.5) is 0 Å². The lowest BCUT2D eigenvalue weighted by atomic mass is 10.4. The van der Waals surface area contributed by atoms with Gasteiger partial charge in [-0.3, -0.25) is 0 Å². The molecule has 0 unspecified atom stereocenters. The predicted molar refractivity (Wildman–Crippen MR) is 57.4 cm³/mol. The first kappa shape index (κ1) is 9.35. The van der Waals surface area contributed by atoms with Gasteiger partial charge in [0.2, 0.25) is 0 Å². The fourth-order valence-electron chi connectivity index (χ4n) is 1.63. The summed E-state index contributed by atoms with van der Waals surface area (Å²) in [5.41, 5.74) is 0. The average Bonchev–Trinajstić information content (AvgIpc) is 2.57. The van der Waals surface area contributed by atoms with Gasteiger partial charge >= 0.3 is 0 Å². The quantitative estimate of drug-likeness (QED) is 0.694. The number of rotatable bonds is 2. The molecular formula is C10H12ClNS. The minimum Gasteiger partial charge on any atom is -0.230 e. The highest BCUT2D eigenvalue weighted by atomic mass is 35.5. The number of pyridine rings is 1. The Morgan fingerprint density at radius 2 is 2.08 bits per heavy atom. The Labute approximate surface area is 87.9 Å². The van der Waals surface area contributed by atoms with Gasteiger partial charge in [0.1, 0.15) is 5.15 Å². The van der Waals surface area contributed by atoms with Crippen molar-refractivity contribution in [2.45, 2.75) is 36.0 Å². The third-order valence-electron chi connectivity index (χ3n) is 2.28. The fourth-order valence-corrected chi connectivity index (χ4v) is 3.06. The molecule has 70 valence electrons. The van der Waals surface area contributed by atoms with E-state index >= 15 is 0 Å². The highest BCUT2D eigenvalue weighted by Gasteiger charge is 2.16. The van der Waals surface area contributed by atoms with Crippen molar-refractivity contribution in [3.63, 3.8) is 0 Å². The Morgan fingerprint density at radius 1 is 1.31 bits per heavy atom. The van der Waals surface area contributed by atoms with Crippen LogP contribution in [0.2, 0.25) is 5.15 Å². The van der Waals surface area contributed by atoms with Gasteiger partial charge in [-0.2, -0.15) is 0 Å². The number of aromatic nitrogens is 1. The topological polar surface area (TPSA) is 12.9 Å². The lowest BCUT2D eigenvalue weighted by Gasteiger charge is -2.06. The van der Waals surface area contributed by atoms with Crippen molar-refractivity contribution in [2.24, 2.45) is 0 Å². The molecule has 1 aliphatic rings. The van der Waals surface area contributed by atoms with Crippen LogP contribution < -0.4 is 0 Å². The Morgan fingerprint density at radius 3 is 2.77 bits per heavy atom. The summed E-state index contributed by atoms with van der Waals surface area (Å²) in [6.45, 7) is 0. The van der Waals surface area contributed by atoms with Gasteiger partial charge in [0.15, 0.2) is 0 Å². The molecule has 0 bridgehead atoms. The number of hydrogen-bond acceptors (Lipinski definition) is 2. The summed E-state index contributed by atoms with van der Waals surface area (Å²) in [5.74, 6) is 0. The Balaban J connectivity index is 2.00. The molecule has 0 aromatic carbocycles. The molecule has 1 aliphatic carbocycles. The van der Waals surface area contributed by atoms with Gasteiger partial charge in [-0.25, -0.2) is 4.98 Å². The van der Waals surface area contributed by atoms with Crippen molar-refractivity contribution in [3.05, 3.63) is 23.4 Å². The molecule has 0 amide bonds. The van der Waals surface area contributed by atoms with Gasteiger partial charge in [0, 0.05) is 5.25 Å². The predicted octanol–water partition coefficient (Wildman–Crippen LogP) is 3.77. The Bertz CT molecular complexity index is 284. The van der Waals surface area contributed by atoms with E-state index in [4.69, 9.17) is 11.6 Å². The van der Waals surface area contributed by atoms with E-state index in [-0.39, 0.29) is 0 Å². The number of hydrogen-bond donors (Lipinski definition) is 0. The van der Waals surface area contributed by atoms with Crippen molar-refractivity contribution in [1.82, 2.24) is 4.98 Å². The molecule has 1 saturated carbocycles. The largest absolute Gasteiger partial charge is 0.230 e. The molecule has 0 saturated heterocycles. The zero-order valence-corrected chi connectivity index (χ0v) is 8.94. The van der Waals surface area contributed by atoms with E-state index in [1.807, 2.05) is 30.0 Å². The van der Waals surface area contributed by atoms with Gasteiger partial charge in [-0.15, -0.1) is 11.8 Å². The zero-order chi connectivity index (χ0) is 9.10. The van der Waals surface area contributed by atoms with E-state index in [9.17, 15) is 0 Å². The molecule has 0 N–H and O–H groups in total. The molecule has 3 heteroatoms. The number of thioether (sulfide) groups is 1. The van der Waals surface area contributed by atoms with E-state index in [0.717, 1.165) is 10.3 Å². The molecule has 0 atom stereocenters. The van der Waals surface area contributed by atoms with Gasteiger partial charge < -0.3 is 0 Å². The molecular weight excluding hydrogens is 202 g/mol. The summed E-state index contributed by atoms with van der Waals surface area (Å²) in [4.78, 5) is 4.27. The summed E-state index contributed by atoms with van der Waals surface area (Å²) < 4.78 is 0. The standard InChI is InChI=1S/C10H12ClNS/c11-9-6-3-7-10(12-9)13-8-4-1-2-5-8/h3,6-8H,1-2,4-5H2. The minimum absolute atomic E-state index is 0.600. The summed E-state index contributed by atoms with van der Waals surface area (Å²) >= 11 is 7.68. The van der Waals surface area contributed by atoms with E-state index in [1.54, 1.807) is 0 Å². The molecule has 1 nitrogen and oxygen atoms in total. The van der Waals surface area contributed by atoms with Gasteiger partial charge in [-0.1, -0.05) is 30.5 Å². The van der Waals surface area contributed by atoms with Crippen LogP contribution in [0.25, 0.3) is 0 Å². The number of halogens is 1. The van der Waals surface area contributed by atoms with Crippen LogP contribution in [0, 0.1) is 0 Å². The second-order valence-corrected chi connectivity index (χ2v) is 5.03. The average molecular weight is 214 g/mol. The van der Waals surface area contributed by atoms with E-state index < -0.39 is 0 Å². The summed E-state index contributed by atoms with van der Waals surface area (Å²) in [6, 6.07) is 5.82. The molecule has 1 heterocycles.